The van der Waals surface area contributed by atoms with Crippen LogP contribution in [-0.4, -0.2) is 24.7 Å². The van der Waals surface area contributed by atoms with Gasteiger partial charge in [-0.3, -0.25) is 4.68 Å². The Balaban J connectivity index is 1.70. The van der Waals surface area contributed by atoms with Gasteiger partial charge in [-0.15, -0.1) is 0 Å². The van der Waals surface area contributed by atoms with E-state index >= 15 is 0 Å². The molecule has 21 heavy (non-hydrogen) atoms. The molecule has 1 aromatic carbocycles. The Morgan fingerprint density at radius 3 is 2.86 bits per heavy atom. The second-order valence-electron chi connectivity index (χ2n) is 4.87. The van der Waals surface area contributed by atoms with Crippen molar-refractivity contribution >= 4 is 11.0 Å². The molecule has 1 N–H and O–H groups in total. The van der Waals surface area contributed by atoms with Gasteiger partial charge in [-0.25, -0.2) is 9.97 Å². The fourth-order valence-corrected chi connectivity index (χ4v) is 2.45. The minimum absolute atomic E-state index is 0.752. The molecule has 5 heteroatoms. The van der Waals surface area contributed by atoms with E-state index in [2.05, 4.69) is 32.2 Å². The summed E-state index contributed by atoms with van der Waals surface area (Å²) in [5.41, 5.74) is 3.97. The largest absolute Gasteiger partial charge is 0.346 e. The summed E-state index contributed by atoms with van der Waals surface area (Å²) >= 11 is 0. The molecule has 0 aliphatic carbocycles. The topological polar surface area (TPSA) is 59.4 Å². The number of aromatic amines is 1. The van der Waals surface area contributed by atoms with Gasteiger partial charge in [0.1, 0.15) is 12.0 Å². The second-order valence-corrected chi connectivity index (χ2v) is 4.87. The summed E-state index contributed by atoms with van der Waals surface area (Å²) in [5, 5.41) is 5.44. The highest BCUT2D eigenvalue weighted by Crippen LogP contribution is 2.24. The van der Waals surface area contributed by atoms with Crippen molar-refractivity contribution in [3.05, 3.63) is 66.9 Å². The van der Waals surface area contributed by atoms with Crippen molar-refractivity contribution in [2.24, 2.45) is 0 Å². The van der Waals surface area contributed by atoms with Gasteiger partial charge in [0, 0.05) is 23.3 Å². The molecule has 3 heterocycles. The van der Waals surface area contributed by atoms with Gasteiger partial charge in [0.15, 0.2) is 0 Å². The van der Waals surface area contributed by atoms with Crippen LogP contribution < -0.4 is 0 Å². The zero-order chi connectivity index (χ0) is 14.1. The molecule has 5 nitrogen and oxygen atoms in total. The maximum Gasteiger partial charge on any atom is 0.141 e. The highest BCUT2D eigenvalue weighted by molar-refractivity contribution is 5.89. The van der Waals surface area contributed by atoms with Gasteiger partial charge in [0.2, 0.25) is 0 Å². The van der Waals surface area contributed by atoms with Crippen LogP contribution >= 0.6 is 0 Å². The van der Waals surface area contributed by atoms with Gasteiger partial charge in [-0.2, -0.15) is 5.10 Å². The zero-order valence-electron chi connectivity index (χ0n) is 11.3. The van der Waals surface area contributed by atoms with Crippen molar-refractivity contribution in [3.8, 4) is 11.3 Å². The van der Waals surface area contributed by atoms with E-state index < -0.39 is 0 Å². The molecular weight excluding hydrogens is 262 g/mol. The van der Waals surface area contributed by atoms with Crippen LogP contribution in [0, 0.1) is 0 Å². The summed E-state index contributed by atoms with van der Waals surface area (Å²) in [6.45, 7) is 0.752. The Hall–Kier alpha value is -2.95. The van der Waals surface area contributed by atoms with Gasteiger partial charge in [0.25, 0.3) is 0 Å². The number of aromatic nitrogens is 5. The summed E-state index contributed by atoms with van der Waals surface area (Å²) in [4.78, 5) is 11.7. The highest BCUT2D eigenvalue weighted by Gasteiger charge is 2.09. The molecule has 0 amide bonds. The number of hydrogen-bond donors (Lipinski definition) is 1. The summed E-state index contributed by atoms with van der Waals surface area (Å²) in [6.07, 6.45) is 7.30. The quantitative estimate of drug-likeness (QED) is 0.625. The molecular formula is C16H13N5. The molecule has 0 saturated heterocycles. The van der Waals surface area contributed by atoms with Crippen LogP contribution in [0.3, 0.4) is 0 Å². The Labute approximate surface area is 121 Å². The fourth-order valence-electron chi connectivity index (χ4n) is 2.45. The molecule has 4 aromatic rings. The minimum atomic E-state index is 0.752. The lowest BCUT2D eigenvalue weighted by molar-refractivity contribution is 0.687. The van der Waals surface area contributed by atoms with E-state index in [9.17, 15) is 0 Å². The van der Waals surface area contributed by atoms with Crippen molar-refractivity contribution < 1.29 is 0 Å². The highest BCUT2D eigenvalue weighted by atomic mass is 15.3. The third-order valence-electron chi connectivity index (χ3n) is 3.45. The first kappa shape index (κ1) is 11.8. The summed E-state index contributed by atoms with van der Waals surface area (Å²) in [7, 11) is 0. The van der Waals surface area contributed by atoms with Crippen molar-refractivity contribution in [3.63, 3.8) is 0 Å². The van der Waals surface area contributed by atoms with Crippen molar-refractivity contribution in [2.45, 2.75) is 6.54 Å². The van der Waals surface area contributed by atoms with E-state index in [4.69, 9.17) is 0 Å². The predicted molar refractivity (Wildman–Crippen MR) is 80.7 cm³/mol. The van der Waals surface area contributed by atoms with Crippen molar-refractivity contribution in [1.82, 2.24) is 24.7 Å². The van der Waals surface area contributed by atoms with Crippen LogP contribution in [0.25, 0.3) is 22.3 Å². The smallest absolute Gasteiger partial charge is 0.141 e. The lowest BCUT2D eigenvalue weighted by atomic mass is 10.2. The number of H-pyrrole nitrogens is 1. The molecule has 0 radical (unpaired) electrons. The second kappa shape index (κ2) is 4.86. The zero-order valence-corrected chi connectivity index (χ0v) is 11.3. The average Bonchev–Trinajstić information content (AvgIpc) is 3.16. The SMILES string of the molecule is c1ccc(Cn2cc(-c3ncnc4[nH]ccc34)cn2)cc1. The third-order valence-corrected chi connectivity index (χ3v) is 3.45. The normalized spacial score (nSPS) is 11.0. The van der Waals surface area contributed by atoms with E-state index in [1.54, 1.807) is 6.33 Å². The number of nitrogens with zero attached hydrogens (tertiary/aromatic N) is 4. The number of benzene rings is 1. The van der Waals surface area contributed by atoms with Crippen LogP contribution in [0.4, 0.5) is 0 Å². The predicted octanol–water partition coefficient (Wildman–Crippen LogP) is 2.87. The molecule has 0 fully saturated rings. The molecule has 0 bridgehead atoms. The van der Waals surface area contributed by atoms with Gasteiger partial charge in [-0.1, -0.05) is 30.3 Å². The van der Waals surface area contributed by atoms with Gasteiger partial charge < -0.3 is 4.98 Å². The van der Waals surface area contributed by atoms with E-state index in [1.807, 2.05) is 47.5 Å². The van der Waals surface area contributed by atoms with E-state index in [0.717, 1.165) is 28.8 Å². The molecule has 0 spiro atoms. The van der Waals surface area contributed by atoms with Gasteiger partial charge in [-0.05, 0) is 11.6 Å². The standard InChI is InChI=1S/C16H13N5/c1-2-4-12(5-3-1)9-21-10-13(8-20-21)15-14-6-7-17-16(14)19-11-18-15/h1-8,10-11H,9H2,(H,17,18,19). The summed E-state index contributed by atoms with van der Waals surface area (Å²) in [6, 6.07) is 12.3. The molecule has 0 atom stereocenters. The average molecular weight is 275 g/mol. The van der Waals surface area contributed by atoms with E-state index in [0.29, 0.717) is 0 Å². The summed E-state index contributed by atoms with van der Waals surface area (Å²) < 4.78 is 1.92. The number of nitrogens with one attached hydrogen (secondary N) is 1. The lowest BCUT2D eigenvalue weighted by Gasteiger charge is -2.01. The molecule has 102 valence electrons. The molecule has 3 aromatic heterocycles. The van der Waals surface area contributed by atoms with Crippen molar-refractivity contribution in [1.29, 1.82) is 0 Å². The molecule has 0 aliphatic rings. The first-order valence-electron chi connectivity index (χ1n) is 6.75. The molecule has 0 saturated carbocycles. The third kappa shape index (κ3) is 2.18. The number of rotatable bonds is 3. The van der Waals surface area contributed by atoms with Crippen molar-refractivity contribution in [2.75, 3.05) is 0 Å². The first-order valence-corrected chi connectivity index (χ1v) is 6.75. The Kier molecular flexibility index (Phi) is 2.74. The maximum absolute atomic E-state index is 4.43. The Bertz CT molecular complexity index is 876. The lowest BCUT2D eigenvalue weighted by Crippen LogP contribution is -1.99. The molecule has 4 rings (SSSR count). The van der Waals surface area contributed by atoms with Gasteiger partial charge in [0.05, 0.1) is 18.4 Å². The van der Waals surface area contributed by atoms with Crippen LogP contribution in [0.15, 0.2) is 61.3 Å². The maximum atomic E-state index is 4.43. The van der Waals surface area contributed by atoms with E-state index in [-0.39, 0.29) is 0 Å². The van der Waals surface area contributed by atoms with Crippen LogP contribution in [0.5, 0.6) is 0 Å². The Morgan fingerprint density at radius 2 is 1.95 bits per heavy atom. The number of hydrogen-bond acceptors (Lipinski definition) is 3. The van der Waals surface area contributed by atoms with Crippen LogP contribution in [-0.2, 0) is 6.54 Å². The summed E-state index contributed by atoms with van der Waals surface area (Å²) in [5.74, 6) is 0. The van der Waals surface area contributed by atoms with E-state index in [1.165, 1.54) is 5.56 Å². The van der Waals surface area contributed by atoms with Gasteiger partial charge >= 0.3 is 0 Å². The van der Waals surface area contributed by atoms with Crippen LogP contribution in [0.2, 0.25) is 0 Å². The van der Waals surface area contributed by atoms with Crippen LogP contribution in [0.1, 0.15) is 5.56 Å². The first-order chi connectivity index (χ1) is 10.4. The molecule has 0 unspecified atom stereocenters. The molecule has 0 aliphatic heterocycles. The minimum Gasteiger partial charge on any atom is -0.346 e. The number of fused-ring (bicyclic) bond motifs is 1. The fraction of sp³-hybridized carbons (Fsp3) is 0.0625. The Morgan fingerprint density at radius 1 is 1.05 bits per heavy atom. The monoisotopic (exact) mass is 275 g/mol.